The first kappa shape index (κ1) is 9.64. The topological polar surface area (TPSA) is 55.4 Å². The molecule has 0 spiro atoms. The molecule has 1 fully saturated rings. The van der Waals surface area contributed by atoms with E-state index in [4.69, 9.17) is 4.18 Å². The van der Waals surface area contributed by atoms with Crippen LogP contribution in [0.3, 0.4) is 0 Å². The maximum atomic E-state index is 11.1. The molecule has 1 aromatic carbocycles. The zero-order chi connectivity index (χ0) is 10.2. The van der Waals surface area contributed by atoms with Crippen LogP contribution in [-0.4, -0.2) is 14.5 Å². The molecule has 0 saturated carbocycles. The lowest BCUT2D eigenvalue weighted by Crippen LogP contribution is -2.24. The van der Waals surface area contributed by atoms with Gasteiger partial charge in [-0.3, -0.25) is 0 Å². The van der Waals surface area contributed by atoms with Gasteiger partial charge in [0.1, 0.15) is 6.10 Å². The molecule has 0 amide bonds. The molecule has 1 aromatic rings. The highest BCUT2D eigenvalue weighted by Crippen LogP contribution is 2.28. The molecule has 1 aliphatic rings. The van der Waals surface area contributed by atoms with Gasteiger partial charge in [-0.2, -0.15) is 13.1 Å². The Morgan fingerprint density at radius 1 is 1.29 bits per heavy atom. The number of hydrogen-bond donors (Lipinski definition) is 1. The summed E-state index contributed by atoms with van der Waals surface area (Å²) in [6.45, 7) is 1.78. The highest BCUT2D eigenvalue weighted by atomic mass is 32.2. The second-order valence-corrected chi connectivity index (χ2v) is 4.62. The monoisotopic (exact) mass is 213 g/mol. The fourth-order valence-corrected chi connectivity index (χ4v) is 2.71. The minimum absolute atomic E-state index is 0.220. The zero-order valence-corrected chi connectivity index (χ0v) is 8.49. The summed E-state index contributed by atoms with van der Waals surface area (Å²) in [6, 6.07) is 9.08. The molecule has 0 bridgehead atoms. The van der Waals surface area contributed by atoms with Crippen LogP contribution in [0.2, 0.25) is 0 Å². The summed E-state index contributed by atoms with van der Waals surface area (Å²) < 4.78 is 29.5. The first-order valence-corrected chi connectivity index (χ1v) is 5.75. The predicted molar refractivity (Wildman–Crippen MR) is 51.8 cm³/mol. The third kappa shape index (κ3) is 1.79. The van der Waals surface area contributed by atoms with E-state index in [1.54, 1.807) is 6.92 Å². The van der Waals surface area contributed by atoms with E-state index >= 15 is 0 Å². The third-order valence-corrected chi connectivity index (χ3v) is 3.26. The third-order valence-electron chi connectivity index (χ3n) is 2.14. The van der Waals surface area contributed by atoms with Gasteiger partial charge in [0.15, 0.2) is 0 Å². The lowest BCUT2D eigenvalue weighted by atomic mass is 10.0. The number of benzene rings is 1. The van der Waals surface area contributed by atoms with Crippen molar-refractivity contribution in [3.63, 3.8) is 0 Å². The molecule has 1 N–H and O–H groups in total. The van der Waals surface area contributed by atoms with Crippen molar-refractivity contribution in [1.82, 2.24) is 4.72 Å². The predicted octanol–water partition coefficient (Wildman–Crippen LogP) is 0.981. The van der Waals surface area contributed by atoms with Gasteiger partial charge in [0.05, 0.1) is 6.04 Å². The Labute approximate surface area is 83.2 Å². The number of hydrogen-bond acceptors (Lipinski definition) is 3. The Balaban J connectivity index is 2.30. The Morgan fingerprint density at radius 2 is 1.93 bits per heavy atom. The largest absolute Gasteiger partial charge is 0.336 e. The molecular weight excluding hydrogens is 202 g/mol. The van der Waals surface area contributed by atoms with Crippen LogP contribution < -0.4 is 4.72 Å². The average molecular weight is 213 g/mol. The minimum Gasteiger partial charge on any atom is -0.248 e. The summed E-state index contributed by atoms with van der Waals surface area (Å²) in [6.07, 6.45) is -0.416. The molecule has 1 aliphatic heterocycles. The zero-order valence-electron chi connectivity index (χ0n) is 7.67. The Kier molecular flexibility index (Phi) is 2.30. The summed E-state index contributed by atoms with van der Waals surface area (Å²) in [5.41, 5.74) is 0.869. The van der Waals surface area contributed by atoms with Gasteiger partial charge < -0.3 is 0 Å². The Hall–Kier alpha value is -0.910. The highest BCUT2D eigenvalue weighted by Gasteiger charge is 2.35. The molecule has 14 heavy (non-hydrogen) atoms. The quantitative estimate of drug-likeness (QED) is 0.756. The fourth-order valence-electron chi connectivity index (χ4n) is 1.52. The molecule has 2 rings (SSSR count). The van der Waals surface area contributed by atoms with Crippen molar-refractivity contribution in [2.45, 2.75) is 19.1 Å². The second-order valence-electron chi connectivity index (χ2n) is 3.29. The summed E-state index contributed by atoms with van der Waals surface area (Å²) in [4.78, 5) is 0. The van der Waals surface area contributed by atoms with Gasteiger partial charge in [0, 0.05) is 0 Å². The minimum atomic E-state index is -3.54. The van der Waals surface area contributed by atoms with Gasteiger partial charge in [-0.25, -0.2) is 4.18 Å². The summed E-state index contributed by atoms with van der Waals surface area (Å²) in [7, 11) is -3.54. The van der Waals surface area contributed by atoms with Gasteiger partial charge in [-0.1, -0.05) is 30.3 Å². The Morgan fingerprint density at radius 3 is 2.43 bits per heavy atom. The van der Waals surface area contributed by atoms with E-state index in [1.807, 2.05) is 30.3 Å². The SMILES string of the molecule is C[C@@H]1NS(=O)(=O)O[C@@H]1c1ccccc1. The van der Waals surface area contributed by atoms with E-state index in [-0.39, 0.29) is 6.04 Å². The summed E-state index contributed by atoms with van der Waals surface area (Å²) in [5.74, 6) is 0. The van der Waals surface area contributed by atoms with Crippen molar-refractivity contribution in [3.8, 4) is 0 Å². The maximum Gasteiger partial charge on any atom is 0.336 e. The lowest BCUT2D eigenvalue weighted by molar-refractivity contribution is 0.225. The van der Waals surface area contributed by atoms with Crippen LogP contribution in [-0.2, 0) is 14.5 Å². The van der Waals surface area contributed by atoms with Crippen LogP contribution in [0.4, 0.5) is 0 Å². The van der Waals surface area contributed by atoms with Crippen molar-refractivity contribution >= 4 is 10.3 Å². The van der Waals surface area contributed by atoms with Crippen LogP contribution in [0.1, 0.15) is 18.6 Å². The molecule has 0 radical (unpaired) electrons. The molecule has 5 heteroatoms. The van der Waals surface area contributed by atoms with Crippen molar-refractivity contribution in [2.24, 2.45) is 0 Å². The standard InChI is InChI=1S/C9H11NO3S/c1-7-9(13-14(11,12)10-7)8-5-3-2-4-6-8/h2-7,9-10H,1H3/t7-,9-/m0/s1. The van der Waals surface area contributed by atoms with E-state index < -0.39 is 16.4 Å². The number of rotatable bonds is 1. The first-order chi connectivity index (χ1) is 6.58. The molecule has 76 valence electrons. The highest BCUT2D eigenvalue weighted by molar-refractivity contribution is 7.85. The van der Waals surface area contributed by atoms with Gasteiger partial charge >= 0.3 is 10.3 Å². The van der Waals surface area contributed by atoms with Crippen LogP contribution in [0.15, 0.2) is 30.3 Å². The lowest BCUT2D eigenvalue weighted by Gasteiger charge is -2.10. The molecule has 0 unspecified atom stereocenters. The second kappa shape index (κ2) is 3.34. The molecule has 0 aliphatic carbocycles. The first-order valence-electron chi connectivity index (χ1n) is 4.34. The van der Waals surface area contributed by atoms with Crippen molar-refractivity contribution in [1.29, 1.82) is 0 Å². The molecular formula is C9H11NO3S. The van der Waals surface area contributed by atoms with Gasteiger partial charge in [0.2, 0.25) is 0 Å². The molecule has 1 saturated heterocycles. The molecule has 1 heterocycles. The number of nitrogens with one attached hydrogen (secondary N) is 1. The summed E-state index contributed by atoms with van der Waals surface area (Å²) in [5, 5.41) is 0. The van der Waals surface area contributed by atoms with Crippen molar-refractivity contribution in [3.05, 3.63) is 35.9 Å². The fraction of sp³-hybridized carbons (Fsp3) is 0.333. The van der Waals surface area contributed by atoms with Gasteiger partial charge in [0.25, 0.3) is 0 Å². The molecule has 2 atom stereocenters. The van der Waals surface area contributed by atoms with Crippen molar-refractivity contribution in [2.75, 3.05) is 0 Å². The van der Waals surface area contributed by atoms with E-state index in [1.165, 1.54) is 0 Å². The van der Waals surface area contributed by atoms with E-state index in [2.05, 4.69) is 4.72 Å². The smallest absolute Gasteiger partial charge is 0.248 e. The normalized spacial score (nSPS) is 30.4. The van der Waals surface area contributed by atoms with E-state index in [9.17, 15) is 8.42 Å². The van der Waals surface area contributed by atoms with E-state index in [0.717, 1.165) is 5.56 Å². The van der Waals surface area contributed by atoms with Crippen molar-refractivity contribution < 1.29 is 12.6 Å². The van der Waals surface area contributed by atoms with Crippen LogP contribution in [0.25, 0.3) is 0 Å². The van der Waals surface area contributed by atoms with Crippen LogP contribution in [0.5, 0.6) is 0 Å². The van der Waals surface area contributed by atoms with Crippen LogP contribution in [0, 0.1) is 0 Å². The van der Waals surface area contributed by atoms with Crippen LogP contribution >= 0.6 is 0 Å². The Bertz CT molecular complexity index is 415. The maximum absolute atomic E-state index is 11.1. The van der Waals surface area contributed by atoms with Gasteiger partial charge in [-0.15, -0.1) is 0 Å². The molecule has 0 aromatic heterocycles. The van der Waals surface area contributed by atoms with Gasteiger partial charge in [-0.05, 0) is 12.5 Å². The summed E-state index contributed by atoms with van der Waals surface area (Å²) >= 11 is 0. The van der Waals surface area contributed by atoms with E-state index in [0.29, 0.717) is 0 Å². The average Bonchev–Trinajstić information content (AvgIpc) is 2.41. The molecule has 4 nitrogen and oxygen atoms in total.